The highest BCUT2D eigenvalue weighted by Gasteiger charge is 2.08. The SMILES string of the molecule is CC(=O)c1cccc(NC(=S)Nc2cc(C)n(Cc3ccc(Cl)cc3)n2)c1. The van der Waals surface area contributed by atoms with E-state index < -0.39 is 0 Å². The van der Waals surface area contributed by atoms with Crippen molar-refractivity contribution in [1.29, 1.82) is 0 Å². The zero-order valence-corrected chi connectivity index (χ0v) is 16.6. The number of halogens is 1. The maximum atomic E-state index is 11.5. The zero-order chi connectivity index (χ0) is 19.4. The third kappa shape index (κ3) is 5.15. The van der Waals surface area contributed by atoms with Crippen LogP contribution < -0.4 is 10.6 Å². The normalized spacial score (nSPS) is 10.5. The first-order valence-corrected chi connectivity index (χ1v) is 9.17. The molecule has 7 heteroatoms. The molecule has 0 saturated carbocycles. The molecule has 0 radical (unpaired) electrons. The molecule has 2 aromatic carbocycles. The molecule has 1 heterocycles. The number of nitrogens with zero attached hydrogens (tertiary/aromatic N) is 2. The van der Waals surface area contributed by atoms with Crippen LogP contribution in [0.3, 0.4) is 0 Å². The van der Waals surface area contributed by atoms with E-state index in [1.807, 2.05) is 54.1 Å². The van der Waals surface area contributed by atoms with Gasteiger partial charge in [-0.3, -0.25) is 9.48 Å². The molecular weight excluding hydrogens is 380 g/mol. The molecule has 0 amide bonds. The van der Waals surface area contributed by atoms with Crippen LogP contribution in [0, 0.1) is 6.92 Å². The van der Waals surface area contributed by atoms with Gasteiger partial charge in [-0.25, -0.2) is 0 Å². The summed E-state index contributed by atoms with van der Waals surface area (Å²) in [6, 6.07) is 16.8. The van der Waals surface area contributed by atoms with Gasteiger partial charge in [-0.1, -0.05) is 35.9 Å². The zero-order valence-electron chi connectivity index (χ0n) is 15.0. The van der Waals surface area contributed by atoms with Gasteiger partial charge in [-0.2, -0.15) is 5.10 Å². The largest absolute Gasteiger partial charge is 0.332 e. The minimum absolute atomic E-state index is 0.00842. The lowest BCUT2D eigenvalue weighted by Crippen LogP contribution is -2.19. The number of ketones is 1. The molecule has 0 saturated heterocycles. The Hall–Kier alpha value is -2.70. The minimum Gasteiger partial charge on any atom is -0.332 e. The van der Waals surface area contributed by atoms with Gasteiger partial charge in [0.15, 0.2) is 16.7 Å². The number of hydrogen-bond donors (Lipinski definition) is 2. The van der Waals surface area contributed by atoms with Crippen LogP contribution >= 0.6 is 23.8 Å². The highest BCUT2D eigenvalue weighted by molar-refractivity contribution is 7.80. The summed E-state index contributed by atoms with van der Waals surface area (Å²) < 4.78 is 1.89. The fourth-order valence-electron chi connectivity index (χ4n) is 2.59. The van der Waals surface area contributed by atoms with Crippen molar-refractivity contribution in [3.05, 3.63) is 76.4 Å². The van der Waals surface area contributed by atoms with E-state index >= 15 is 0 Å². The lowest BCUT2D eigenvalue weighted by Gasteiger charge is -2.09. The summed E-state index contributed by atoms with van der Waals surface area (Å²) in [5, 5.41) is 11.8. The fourth-order valence-corrected chi connectivity index (χ4v) is 2.94. The van der Waals surface area contributed by atoms with Crippen LogP contribution in [0.25, 0.3) is 0 Å². The van der Waals surface area contributed by atoms with Gasteiger partial charge in [0.2, 0.25) is 0 Å². The number of Topliss-reactive ketones (excluding diaryl/α,β-unsaturated/α-hetero) is 1. The van der Waals surface area contributed by atoms with Crippen LogP contribution in [-0.4, -0.2) is 20.7 Å². The van der Waals surface area contributed by atoms with Crippen LogP contribution in [0.2, 0.25) is 5.02 Å². The maximum Gasteiger partial charge on any atom is 0.176 e. The van der Waals surface area contributed by atoms with E-state index in [0.717, 1.165) is 16.9 Å². The molecule has 27 heavy (non-hydrogen) atoms. The number of carbonyl (C=O) groups excluding carboxylic acids is 1. The van der Waals surface area contributed by atoms with Crippen molar-refractivity contribution in [2.24, 2.45) is 0 Å². The quantitative estimate of drug-likeness (QED) is 0.472. The number of hydrogen-bond acceptors (Lipinski definition) is 3. The number of thiocarbonyl (C=S) groups is 1. The average Bonchev–Trinajstić information content (AvgIpc) is 2.96. The van der Waals surface area contributed by atoms with Crippen molar-refractivity contribution < 1.29 is 4.79 Å². The molecule has 3 rings (SSSR count). The van der Waals surface area contributed by atoms with Crippen molar-refractivity contribution in [3.8, 4) is 0 Å². The van der Waals surface area contributed by atoms with E-state index in [9.17, 15) is 4.79 Å². The van der Waals surface area contributed by atoms with E-state index in [-0.39, 0.29) is 5.78 Å². The Kier molecular flexibility index (Phi) is 5.88. The van der Waals surface area contributed by atoms with Crippen LogP contribution in [-0.2, 0) is 6.54 Å². The van der Waals surface area contributed by atoms with Crippen molar-refractivity contribution in [3.63, 3.8) is 0 Å². The molecule has 138 valence electrons. The van der Waals surface area contributed by atoms with E-state index in [0.29, 0.717) is 28.1 Å². The number of benzene rings is 2. The number of aryl methyl sites for hydroxylation is 1. The smallest absolute Gasteiger partial charge is 0.176 e. The first-order valence-electron chi connectivity index (χ1n) is 8.38. The van der Waals surface area contributed by atoms with E-state index in [1.165, 1.54) is 6.92 Å². The van der Waals surface area contributed by atoms with Gasteiger partial charge in [0.1, 0.15) is 0 Å². The molecule has 0 aliphatic heterocycles. The lowest BCUT2D eigenvalue weighted by molar-refractivity contribution is 0.101. The van der Waals surface area contributed by atoms with Crippen LogP contribution in [0.5, 0.6) is 0 Å². The molecule has 2 N–H and O–H groups in total. The highest BCUT2D eigenvalue weighted by atomic mass is 35.5. The molecule has 0 aliphatic rings. The Morgan fingerprint density at radius 1 is 1.15 bits per heavy atom. The minimum atomic E-state index is 0.00842. The third-order valence-electron chi connectivity index (χ3n) is 4.00. The Labute approximate surface area is 168 Å². The average molecular weight is 399 g/mol. The summed E-state index contributed by atoms with van der Waals surface area (Å²) in [5.41, 5.74) is 3.50. The topological polar surface area (TPSA) is 59.0 Å². The molecular formula is C20H19ClN4OS. The highest BCUT2D eigenvalue weighted by Crippen LogP contribution is 2.15. The molecule has 0 spiro atoms. The van der Waals surface area contributed by atoms with Gasteiger partial charge in [0, 0.05) is 28.0 Å². The fraction of sp³-hybridized carbons (Fsp3) is 0.150. The van der Waals surface area contributed by atoms with Gasteiger partial charge in [-0.15, -0.1) is 0 Å². The van der Waals surface area contributed by atoms with Gasteiger partial charge in [0.05, 0.1) is 6.54 Å². The Morgan fingerprint density at radius 3 is 2.59 bits per heavy atom. The van der Waals surface area contributed by atoms with Crippen LogP contribution in [0.4, 0.5) is 11.5 Å². The summed E-state index contributed by atoms with van der Waals surface area (Å²) in [6.45, 7) is 4.16. The van der Waals surface area contributed by atoms with Crippen molar-refractivity contribution in [2.75, 3.05) is 10.6 Å². The number of carbonyl (C=O) groups is 1. The number of anilines is 2. The predicted octanol–water partition coefficient (Wildman–Crippen LogP) is 4.90. The van der Waals surface area contributed by atoms with Crippen molar-refractivity contribution >= 4 is 46.2 Å². The van der Waals surface area contributed by atoms with Crippen LogP contribution in [0.1, 0.15) is 28.5 Å². The molecule has 0 bridgehead atoms. The molecule has 1 aromatic heterocycles. The molecule has 0 unspecified atom stereocenters. The Balaban J connectivity index is 1.65. The second kappa shape index (κ2) is 8.33. The van der Waals surface area contributed by atoms with E-state index in [1.54, 1.807) is 12.1 Å². The van der Waals surface area contributed by atoms with Gasteiger partial charge < -0.3 is 10.6 Å². The van der Waals surface area contributed by atoms with E-state index in [4.69, 9.17) is 23.8 Å². The number of aromatic nitrogens is 2. The molecule has 0 atom stereocenters. The second-order valence-electron chi connectivity index (χ2n) is 6.17. The molecule has 0 fully saturated rings. The first-order chi connectivity index (χ1) is 12.9. The van der Waals surface area contributed by atoms with Gasteiger partial charge >= 0.3 is 0 Å². The summed E-state index contributed by atoms with van der Waals surface area (Å²) in [6.07, 6.45) is 0. The first kappa shape index (κ1) is 19.1. The maximum absolute atomic E-state index is 11.5. The molecule has 5 nitrogen and oxygen atoms in total. The standard InChI is InChI=1S/C20H19ClN4OS/c1-13-10-19(24-25(13)12-15-6-8-17(21)9-7-15)23-20(27)22-18-5-3-4-16(11-18)14(2)26/h3-11H,12H2,1-2H3,(H2,22,23,24,27). The lowest BCUT2D eigenvalue weighted by atomic mass is 10.1. The van der Waals surface area contributed by atoms with Crippen molar-refractivity contribution in [2.45, 2.75) is 20.4 Å². The monoisotopic (exact) mass is 398 g/mol. The van der Waals surface area contributed by atoms with Crippen molar-refractivity contribution in [1.82, 2.24) is 9.78 Å². The second-order valence-corrected chi connectivity index (χ2v) is 7.02. The Morgan fingerprint density at radius 2 is 1.89 bits per heavy atom. The number of nitrogens with one attached hydrogen (secondary N) is 2. The molecule has 3 aromatic rings. The van der Waals surface area contributed by atoms with Gasteiger partial charge in [0.25, 0.3) is 0 Å². The molecule has 0 aliphatic carbocycles. The summed E-state index contributed by atoms with van der Waals surface area (Å²) >= 11 is 11.3. The van der Waals surface area contributed by atoms with Crippen LogP contribution in [0.15, 0.2) is 54.6 Å². The summed E-state index contributed by atoms with van der Waals surface area (Å²) in [7, 11) is 0. The van der Waals surface area contributed by atoms with E-state index in [2.05, 4.69) is 15.7 Å². The van der Waals surface area contributed by atoms with Gasteiger partial charge in [-0.05, 0) is 55.9 Å². The third-order valence-corrected chi connectivity index (χ3v) is 4.45. The Bertz CT molecular complexity index is 982. The number of rotatable bonds is 5. The summed E-state index contributed by atoms with van der Waals surface area (Å²) in [5.74, 6) is 0.663. The predicted molar refractivity (Wildman–Crippen MR) is 114 cm³/mol. The summed E-state index contributed by atoms with van der Waals surface area (Å²) in [4.78, 5) is 11.5.